The van der Waals surface area contributed by atoms with E-state index in [1.165, 1.54) is 14.3 Å². The molecular formula is C10H5I7. The van der Waals surface area contributed by atoms with Gasteiger partial charge in [-0.2, -0.15) is 0 Å². The van der Waals surface area contributed by atoms with Crippen LogP contribution in [0.1, 0.15) is 0 Å². The van der Waals surface area contributed by atoms with Crippen LogP contribution in [0, 0.1) is 11.8 Å². The lowest BCUT2D eigenvalue weighted by molar-refractivity contribution is 0.521. The number of halogens is 7. The maximum atomic E-state index is 2.65. The summed E-state index contributed by atoms with van der Waals surface area (Å²) in [6, 6.07) is 0. The Balaban J connectivity index is 2.57. The molecule has 94 valence electrons. The predicted molar refractivity (Wildman–Crippen MR) is 135 cm³/mol. The fraction of sp³-hybridized carbons (Fsp3) is 0.400. The first-order valence-electron chi connectivity index (χ1n) is 4.62. The first kappa shape index (κ1) is 17.7. The number of hydrogen-bond acceptors (Lipinski definition) is 0. The predicted octanol–water partition coefficient (Wildman–Crippen LogP) is 7.34. The Morgan fingerprint density at radius 3 is 1.94 bits per heavy atom. The van der Waals surface area contributed by atoms with Gasteiger partial charge in [-0.3, -0.25) is 0 Å². The van der Waals surface area contributed by atoms with Crippen LogP contribution < -0.4 is 0 Å². The summed E-state index contributed by atoms with van der Waals surface area (Å²) in [7, 11) is 0. The van der Waals surface area contributed by atoms with Crippen LogP contribution >= 0.6 is 158 Å². The van der Waals surface area contributed by atoms with Crippen molar-refractivity contribution in [2.45, 2.75) is 7.85 Å². The average molecular weight is 1010 g/mol. The Morgan fingerprint density at radius 2 is 1.35 bits per heavy atom. The zero-order chi connectivity index (χ0) is 12.9. The van der Waals surface area contributed by atoms with Gasteiger partial charge in [-0.05, 0) is 113 Å². The van der Waals surface area contributed by atoms with E-state index in [9.17, 15) is 0 Å². The minimum Gasteiger partial charge on any atom is -0.0804 e. The molecule has 0 aromatic carbocycles. The van der Waals surface area contributed by atoms with E-state index in [1.54, 1.807) is 3.58 Å². The van der Waals surface area contributed by atoms with Crippen molar-refractivity contribution >= 4 is 158 Å². The molecule has 2 aliphatic carbocycles. The Morgan fingerprint density at radius 1 is 0.824 bits per heavy atom. The molecule has 17 heavy (non-hydrogen) atoms. The van der Waals surface area contributed by atoms with Gasteiger partial charge in [0.05, 0.1) is 3.92 Å². The van der Waals surface area contributed by atoms with Gasteiger partial charge in [-0.25, -0.2) is 0 Å². The van der Waals surface area contributed by atoms with Crippen molar-refractivity contribution in [3.05, 3.63) is 24.0 Å². The Kier molecular flexibility index (Phi) is 7.56. The van der Waals surface area contributed by atoms with Crippen molar-refractivity contribution < 1.29 is 0 Å². The van der Waals surface area contributed by atoms with E-state index >= 15 is 0 Å². The summed E-state index contributed by atoms with van der Waals surface area (Å²) < 4.78 is 8.86. The van der Waals surface area contributed by atoms with E-state index in [-0.39, 0.29) is 0 Å². The molecule has 0 radical (unpaired) electrons. The third-order valence-corrected chi connectivity index (χ3v) is 17.2. The lowest BCUT2D eigenvalue weighted by Crippen LogP contribution is -2.36. The van der Waals surface area contributed by atoms with Gasteiger partial charge in [0.2, 0.25) is 0 Å². The van der Waals surface area contributed by atoms with Crippen molar-refractivity contribution in [1.29, 1.82) is 0 Å². The van der Waals surface area contributed by atoms with Crippen molar-refractivity contribution in [2.24, 2.45) is 11.8 Å². The van der Waals surface area contributed by atoms with Crippen molar-refractivity contribution in [1.82, 2.24) is 0 Å². The molecule has 0 saturated carbocycles. The van der Waals surface area contributed by atoms with Gasteiger partial charge in [-0.1, -0.05) is 51.3 Å². The van der Waals surface area contributed by atoms with E-state index in [4.69, 9.17) is 0 Å². The van der Waals surface area contributed by atoms with Crippen LogP contribution in [-0.2, 0) is 0 Å². The molecule has 0 aromatic rings. The molecular weight excluding hydrogens is 1010 g/mol. The van der Waals surface area contributed by atoms with Crippen molar-refractivity contribution in [3.8, 4) is 0 Å². The zero-order valence-electron chi connectivity index (χ0n) is 8.03. The summed E-state index contributed by atoms with van der Waals surface area (Å²) in [5, 5.41) is 0. The van der Waals surface area contributed by atoms with Gasteiger partial charge >= 0.3 is 0 Å². The Bertz CT molecular complexity index is 448. The second kappa shape index (κ2) is 7.27. The second-order valence-electron chi connectivity index (χ2n) is 3.77. The molecule has 4 atom stereocenters. The van der Waals surface area contributed by atoms with Crippen LogP contribution in [0.15, 0.2) is 24.0 Å². The molecule has 2 rings (SSSR count). The molecule has 2 aliphatic rings. The standard InChI is InChI=1S/C10H5I7/c11-3-1-2-4(7(14)6(3)13)8(15)10(17)9(16)5(2)12/h1-2,4,6-7H. The van der Waals surface area contributed by atoms with Gasteiger partial charge in [-0.15, -0.1) is 0 Å². The summed E-state index contributed by atoms with van der Waals surface area (Å²) in [5.74, 6) is 1.28. The summed E-state index contributed by atoms with van der Waals surface area (Å²) in [5.41, 5.74) is 0. The molecule has 0 spiro atoms. The monoisotopic (exact) mass is 1010 g/mol. The fourth-order valence-corrected chi connectivity index (χ4v) is 10.1. The topological polar surface area (TPSA) is 0 Å². The highest BCUT2D eigenvalue weighted by Gasteiger charge is 2.43. The highest BCUT2D eigenvalue weighted by atomic mass is 127. The number of allylic oxidation sites excluding steroid dienone is 6. The normalized spacial score (nSPS) is 38.2. The molecule has 0 saturated heterocycles. The zero-order valence-corrected chi connectivity index (χ0v) is 23.1. The molecule has 0 amide bonds. The molecule has 0 heterocycles. The van der Waals surface area contributed by atoms with Crippen LogP contribution in [0.2, 0.25) is 0 Å². The Hall–Kier alpha value is 4.33. The highest BCUT2D eigenvalue weighted by molar-refractivity contribution is 14.1. The smallest absolute Gasteiger partial charge is 0.0538 e. The van der Waals surface area contributed by atoms with Crippen molar-refractivity contribution in [2.75, 3.05) is 0 Å². The summed E-state index contributed by atoms with van der Waals surface area (Å²) >= 11 is 17.9. The van der Waals surface area contributed by atoms with Gasteiger partial charge in [0.15, 0.2) is 0 Å². The third-order valence-electron chi connectivity index (χ3n) is 2.81. The molecule has 0 nitrogen and oxygen atoms in total. The summed E-state index contributed by atoms with van der Waals surface area (Å²) in [6.45, 7) is 0. The van der Waals surface area contributed by atoms with Gasteiger partial charge in [0.25, 0.3) is 0 Å². The second-order valence-corrected chi connectivity index (χ2v) is 12.3. The maximum Gasteiger partial charge on any atom is 0.0538 e. The van der Waals surface area contributed by atoms with E-state index in [1.807, 2.05) is 0 Å². The molecule has 4 unspecified atom stereocenters. The minimum atomic E-state index is 0.604. The van der Waals surface area contributed by atoms with E-state index in [2.05, 4.69) is 164 Å². The largest absolute Gasteiger partial charge is 0.0804 e. The Labute approximate surface area is 197 Å². The number of alkyl halides is 2. The summed E-state index contributed by atoms with van der Waals surface area (Å²) in [6.07, 6.45) is 2.49. The van der Waals surface area contributed by atoms with Crippen LogP contribution in [0.5, 0.6) is 0 Å². The van der Waals surface area contributed by atoms with E-state index < -0.39 is 0 Å². The van der Waals surface area contributed by atoms with Crippen LogP contribution in [-0.4, -0.2) is 7.85 Å². The lowest BCUT2D eigenvalue weighted by atomic mass is 9.81. The molecule has 7 heteroatoms. The van der Waals surface area contributed by atoms with Crippen LogP contribution in [0.25, 0.3) is 0 Å². The molecule has 0 fully saturated rings. The summed E-state index contributed by atoms with van der Waals surface area (Å²) in [4.78, 5) is 0. The molecule has 0 N–H and O–H groups in total. The number of rotatable bonds is 0. The molecule has 0 aliphatic heterocycles. The molecule has 0 aromatic heterocycles. The quantitative estimate of drug-likeness (QED) is 0.176. The fourth-order valence-electron chi connectivity index (χ4n) is 1.93. The van der Waals surface area contributed by atoms with Crippen LogP contribution in [0.4, 0.5) is 0 Å². The first-order valence-corrected chi connectivity index (χ1v) is 12.5. The minimum absolute atomic E-state index is 0.604. The SMILES string of the molecule is IC1=CC2C(I)=C(I)C(I)=C(I)C2C(I)C1I. The number of hydrogen-bond donors (Lipinski definition) is 0. The van der Waals surface area contributed by atoms with Gasteiger partial charge in [0.1, 0.15) is 0 Å². The van der Waals surface area contributed by atoms with E-state index in [0.29, 0.717) is 19.7 Å². The third kappa shape index (κ3) is 3.48. The van der Waals surface area contributed by atoms with Crippen molar-refractivity contribution in [3.63, 3.8) is 0 Å². The van der Waals surface area contributed by atoms with Crippen LogP contribution in [0.3, 0.4) is 0 Å². The van der Waals surface area contributed by atoms with Gasteiger partial charge in [0, 0.05) is 33.7 Å². The van der Waals surface area contributed by atoms with E-state index in [0.717, 1.165) is 0 Å². The molecule has 0 bridgehead atoms. The lowest BCUT2D eigenvalue weighted by Gasteiger charge is -2.39. The highest BCUT2D eigenvalue weighted by Crippen LogP contribution is 2.56. The number of fused-ring (bicyclic) bond motifs is 1. The maximum absolute atomic E-state index is 2.65. The average Bonchev–Trinajstić information content (AvgIpc) is 2.30. The van der Waals surface area contributed by atoms with Gasteiger partial charge < -0.3 is 0 Å². The first-order chi connectivity index (χ1) is 7.86.